The van der Waals surface area contributed by atoms with E-state index in [2.05, 4.69) is 65.8 Å². The van der Waals surface area contributed by atoms with Crippen LogP contribution in [0, 0.1) is 0 Å². The molecule has 2 bridgehead atoms. The fraction of sp³-hybridized carbons (Fsp3) is 0.613. The van der Waals surface area contributed by atoms with Crippen LogP contribution in [0.1, 0.15) is 52.7 Å². The minimum atomic E-state index is -2.07. The predicted octanol–water partition coefficient (Wildman–Crippen LogP) is 6.49. The van der Waals surface area contributed by atoms with Crippen LogP contribution in [-0.2, 0) is 41.3 Å². The second-order valence-electron chi connectivity index (χ2n) is 11.5. The van der Waals surface area contributed by atoms with Crippen molar-refractivity contribution in [3.63, 3.8) is 0 Å². The SMILES string of the molecule is CO[C@@H]1O[C@H]2[C@@H](OCc3ccccc3)[C@H](O[C@@H]2CO[Si](C(C)C)(C(C)C)C(C)C)[C@@H]1OCc1ccccc1. The normalized spacial score (nSPS) is 27.5. The van der Waals surface area contributed by atoms with Gasteiger partial charge in [0.1, 0.15) is 30.5 Å². The van der Waals surface area contributed by atoms with E-state index in [0.717, 1.165) is 11.1 Å². The Morgan fingerprint density at radius 1 is 0.684 bits per heavy atom. The fourth-order valence-corrected chi connectivity index (χ4v) is 12.0. The summed E-state index contributed by atoms with van der Waals surface area (Å²) in [6.07, 6.45) is -2.14. The van der Waals surface area contributed by atoms with Gasteiger partial charge in [0.2, 0.25) is 0 Å². The van der Waals surface area contributed by atoms with Gasteiger partial charge in [-0.25, -0.2) is 0 Å². The van der Waals surface area contributed by atoms with Gasteiger partial charge in [0.15, 0.2) is 14.6 Å². The van der Waals surface area contributed by atoms with Gasteiger partial charge in [-0.05, 0) is 27.8 Å². The second kappa shape index (κ2) is 13.2. The Morgan fingerprint density at radius 2 is 1.18 bits per heavy atom. The van der Waals surface area contributed by atoms with E-state index in [9.17, 15) is 0 Å². The van der Waals surface area contributed by atoms with Gasteiger partial charge in [-0.1, -0.05) is 102 Å². The molecule has 7 heteroatoms. The van der Waals surface area contributed by atoms with Crippen molar-refractivity contribution in [2.24, 2.45) is 0 Å². The van der Waals surface area contributed by atoms with Crippen LogP contribution in [0.15, 0.2) is 60.7 Å². The number of ether oxygens (including phenoxy) is 5. The third-order valence-electron chi connectivity index (χ3n) is 8.24. The van der Waals surface area contributed by atoms with Crippen LogP contribution in [0.4, 0.5) is 0 Å². The highest BCUT2D eigenvalue weighted by Crippen LogP contribution is 2.44. The molecule has 2 heterocycles. The lowest BCUT2D eigenvalue weighted by molar-refractivity contribution is -0.275. The Labute approximate surface area is 230 Å². The third-order valence-corrected chi connectivity index (χ3v) is 14.3. The van der Waals surface area contributed by atoms with Crippen molar-refractivity contribution in [3.05, 3.63) is 71.8 Å². The zero-order valence-electron chi connectivity index (χ0n) is 24.0. The minimum Gasteiger partial charge on any atom is -0.413 e. The van der Waals surface area contributed by atoms with Crippen LogP contribution >= 0.6 is 0 Å². The Morgan fingerprint density at radius 3 is 1.66 bits per heavy atom. The van der Waals surface area contributed by atoms with Crippen molar-refractivity contribution in [1.82, 2.24) is 0 Å². The van der Waals surface area contributed by atoms with Crippen LogP contribution in [-0.4, -0.2) is 58.8 Å². The standard InChI is InChI=1S/C31H46O6Si/c1-21(2)38(22(3)4,23(5)6)35-20-26-27-28(33-18-24-14-10-8-11-15-24)29(36-26)30(31(32-7)37-27)34-19-25-16-12-9-13-17-25/h8-17,21-23,26-31H,18-20H2,1-7H3/t26-,27-,28-,29+,30+,31-/m1/s1. The lowest BCUT2D eigenvalue weighted by atomic mass is 9.99. The minimum absolute atomic E-state index is 0.258. The molecule has 210 valence electrons. The molecule has 2 aromatic rings. The molecule has 0 N–H and O–H groups in total. The monoisotopic (exact) mass is 542 g/mol. The van der Waals surface area contributed by atoms with Crippen LogP contribution in [0.3, 0.4) is 0 Å². The first-order valence-electron chi connectivity index (χ1n) is 14.1. The first kappa shape index (κ1) is 29.4. The summed E-state index contributed by atoms with van der Waals surface area (Å²) in [6, 6.07) is 20.3. The molecule has 2 aliphatic rings. The van der Waals surface area contributed by atoms with E-state index in [4.69, 9.17) is 28.1 Å². The highest BCUT2D eigenvalue weighted by molar-refractivity contribution is 6.77. The maximum atomic E-state index is 6.95. The van der Waals surface area contributed by atoms with Gasteiger partial charge >= 0.3 is 0 Å². The highest BCUT2D eigenvalue weighted by atomic mass is 28.4. The summed E-state index contributed by atoms with van der Waals surface area (Å²) < 4.78 is 38.9. The van der Waals surface area contributed by atoms with E-state index in [0.29, 0.717) is 36.4 Å². The van der Waals surface area contributed by atoms with E-state index < -0.39 is 20.7 Å². The molecule has 0 spiro atoms. The largest absolute Gasteiger partial charge is 0.413 e. The smallest absolute Gasteiger partial charge is 0.200 e. The van der Waals surface area contributed by atoms with Gasteiger partial charge in [0.05, 0.1) is 19.8 Å². The number of hydrogen-bond acceptors (Lipinski definition) is 6. The van der Waals surface area contributed by atoms with Crippen molar-refractivity contribution in [2.75, 3.05) is 13.7 Å². The number of methoxy groups -OCH3 is 1. The topological polar surface area (TPSA) is 55.4 Å². The summed E-state index contributed by atoms with van der Waals surface area (Å²) in [4.78, 5) is 0. The van der Waals surface area contributed by atoms with Crippen LogP contribution in [0.2, 0.25) is 16.6 Å². The molecule has 6 nitrogen and oxygen atoms in total. The fourth-order valence-electron chi connectivity index (χ4n) is 6.52. The highest BCUT2D eigenvalue weighted by Gasteiger charge is 2.58. The maximum Gasteiger partial charge on any atom is 0.200 e. The first-order chi connectivity index (χ1) is 18.3. The molecule has 0 unspecified atom stereocenters. The number of hydrogen-bond donors (Lipinski definition) is 0. The lowest BCUT2D eigenvalue weighted by Gasteiger charge is -2.43. The van der Waals surface area contributed by atoms with Crippen molar-refractivity contribution in [3.8, 4) is 0 Å². The quantitative estimate of drug-likeness (QED) is 0.270. The van der Waals surface area contributed by atoms with Gasteiger partial charge in [-0.3, -0.25) is 0 Å². The molecule has 0 aromatic heterocycles. The molecule has 0 aliphatic carbocycles. The van der Waals surface area contributed by atoms with E-state index >= 15 is 0 Å². The zero-order valence-corrected chi connectivity index (χ0v) is 25.0. The third kappa shape index (κ3) is 6.25. The van der Waals surface area contributed by atoms with Gasteiger partial charge in [0, 0.05) is 7.11 Å². The molecule has 2 aromatic carbocycles. The van der Waals surface area contributed by atoms with E-state index in [1.807, 2.05) is 36.4 Å². The molecular weight excluding hydrogens is 496 g/mol. The van der Waals surface area contributed by atoms with Crippen molar-refractivity contribution >= 4 is 8.32 Å². The lowest BCUT2D eigenvalue weighted by Crippen LogP contribution is -2.56. The van der Waals surface area contributed by atoms with Gasteiger partial charge < -0.3 is 28.1 Å². The van der Waals surface area contributed by atoms with Gasteiger partial charge in [-0.2, -0.15) is 0 Å². The summed E-state index contributed by atoms with van der Waals surface area (Å²) in [5, 5.41) is 0. The molecule has 2 saturated heterocycles. The maximum absolute atomic E-state index is 6.95. The summed E-state index contributed by atoms with van der Waals surface area (Å²) in [6.45, 7) is 15.2. The average molecular weight is 543 g/mol. The van der Waals surface area contributed by atoms with E-state index in [-0.39, 0.29) is 24.4 Å². The molecule has 0 saturated carbocycles. The predicted molar refractivity (Wildman–Crippen MR) is 151 cm³/mol. The average Bonchev–Trinajstić information content (AvgIpc) is 3.15. The van der Waals surface area contributed by atoms with Crippen LogP contribution in [0.25, 0.3) is 0 Å². The van der Waals surface area contributed by atoms with E-state index in [1.165, 1.54) is 0 Å². The van der Waals surface area contributed by atoms with Gasteiger partial charge in [-0.15, -0.1) is 0 Å². The molecule has 2 aliphatic heterocycles. The van der Waals surface area contributed by atoms with Crippen molar-refractivity contribution in [1.29, 1.82) is 0 Å². The molecule has 38 heavy (non-hydrogen) atoms. The summed E-state index contributed by atoms with van der Waals surface area (Å²) in [7, 11) is -0.412. The zero-order chi connectivity index (χ0) is 27.3. The Kier molecular flexibility index (Phi) is 10.2. The van der Waals surface area contributed by atoms with Crippen molar-refractivity contribution in [2.45, 2.75) is 108 Å². The molecule has 6 atom stereocenters. The summed E-state index contributed by atoms with van der Waals surface area (Å²) in [5.41, 5.74) is 3.67. The number of benzene rings is 2. The number of fused-ring (bicyclic) bond motifs is 2. The Bertz CT molecular complexity index is 947. The molecule has 4 rings (SSSR count). The van der Waals surface area contributed by atoms with Crippen LogP contribution < -0.4 is 0 Å². The van der Waals surface area contributed by atoms with Crippen LogP contribution in [0.5, 0.6) is 0 Å². The van der Waals surface area contributed by atoms with E-state index in [1.54, 1.807) is 7.11 Å². The second-order valence-corrected chi connectivity index (χ2v) is 17.0. The molecular formula is C31H46O6Si. The Balaban J connectivity index is 1.55. The Hall–Kier alpha value is -1.58. The molecule has 2 fully saturated rings. The first-order valence-corrected chi connectivity index (χ1v) is 16.2. The molecule has 0 amide bonds. The summed E-state index contributed by atoms with van der Waals surface area (Å²) in [5.74, 6) is 0. The summed E-state index contributed by atoms with van der Waals surface area (Å²) >= 11 is 0. The molecule has 0 radical (unpaired) electrons. The number of rotatable bonds is 13. The van der Waals surface area contributed by atoms with Crippen molar-refractivity contribution < 1.29 is 28.1 Å². The van der Waals surface area contributed by atoms with Gasteiger partial charge in [0.25, 0.3) is 0 Å².